The van der Waals surface area contributed by atoms with Gasteiger partial charge >= 0.3 is 0 Å². The minimum atomic E-state index is -3.53. The van der Waals surface area contributed by atoms with Gasteiger partial charge in [0.15, 0.2) is 0 Å². The molecule has 4 nitrogen and oxygen atoms in total. The van der Waals surface area contributed by atoms with Crippen LogP contribution in [0.1, 0.15) is 16.5 Å². The number of para-hydroxylation sites is 1. The van der Waals surface area contributed by atoms with Crippen LogP contribution in [-0.4, -0.2) is 27.4 Å². The van der Waals surface area contributed by atoms with E-state index in [-0.39, 0.29) is 6.10 Å². The lowest BCUT2D eigenvalue weighted by Gasteiger charge is -2.21. The molecular weight excluding hydrogens is 374 g/mol. The van der Waals surface area contributed by atoms with Crippen LogP contribution in [0.4, 0.5) is 5.69 Å². The molecule has 1 aliphatic rings. The van der Waals surface area contributed by atoms with Gasteiger partial charge in [-0.2, -0.15) is 0 Å². The first-order valence-electron chi connectivity index (χ1n) is 6.40. The molecule has 3 rings (SSSR count). The van der Waals surface area contributed by atoms with E-state index in [0.717, 1.165) is 10.4 Å². The van der Waals surface area contributed by atoms with Crippen molar-refractivity contribution in [1.82, 2.24) is 0 Å². The molecule has 0 aliphatic carbocycles. The van der Waals surface area contributed by atoms with E-state index in [1.54, 1.807) is 18.5 Å². The molecule has 1 aromatic carbocycles. The summed E-state index contributed by atoms with van der Waals surface area (Å²) in [4.78, 5) is 1.08. The van der Waals surface area contributed by atoms with Crippen LogP contribution in [-0.2, 0) is 14.8 Å². The van der Waals surface area contributed by atoms with Crippen molar-refractivity contribution in [3.8, 4) is 0 Å². The largest absolute Gasteiger partial charge is 0.367 e. The number of nitrogens with zero attached hydrogens (tertiary/aromatic N) is 1. The number of fused-ring (bicyclic) bond motifs is 2. The monoisotopic (exact) mass is 387 g/mol. The van der Waals surface area contributed by atoms with Crippen molar-refractivity contribution in [3.63, 3.8) is 0 Å². The van der Waals surface area contributed by atoms with Crippen LogP contribution in [0.5, 0.6) is 0 Å². The van der Waals surface area contributed by atoms with Crippen molar-refractivity contribution in [1.29, 1.82) is 0 Å². The predicted molar refractivity (Wildman–Crippen MR) is 87.9 cm³/mol. The maximum atomic E-state index is 12.7. The van der Waals surface area contributed by atoms with E-state index in [1.165, 1.54) is 15.6 Å². The van der Waals surface area contributed by atoms with Gasteiger partial charge in [0, 0.05) is 17.9 Å². The molecule has 1 unspecified atom stereocenters. The second-order valence-electron chi connectivity index (χ2n) is 4.62. The zero-order valence-corrected chi connectivity index (χ0v) is 14.5. The molecule has 0 amide bonds. The first kappa shape index (κ1) is 15.0. The zero-order valence-electron chi connectivity index (χ0n) is 11.3. The fourth-order valence-corrected chi connectivity index (χ4v) is 5.36. The minimum absolute atomic E-state index is 0.339. The van der Waals surface area contributed by atoms with E-state index in [1.807, 2.05) is 24.3 Å². The lowest BCUT2D eigenvalue weighted by molar-refractivity contribution is 0.0954. The Labute approximate surface area is 136 Å². The number of halogens is 1. The van der Waals surface area contributed by atoms with Gasteiger partial charge in [-0.3, -0.25) is 4.31 Å². The van der Waals surface area contributed by atoms with Crippen molar-refractivity contribution in [2.75, 3.05) is 23.3 Å². The van der Waals surface area contributed by atoms with Gasteiger partial charge in [0.25, 0.3) is 10.0 Å². The summed E-state index contributed by atoms with van der Waals surface area (Å²) in [7, 11) is -1.95. The van der Waals surface area contributed by atoms with Crippen molar-refractivity contribution in [2.24, 2.45) is 0 Å². The second-order valence-corrected chi connectivity index (χ2v) is 8.30. The molecule has 1 aromatic heterocycles. The van der Waals surface area contributed by atoms with E-state index in [9.17, 15) is 8.42 Å². The van der Waals surface area contributed by atoms with Gasteiger partial charge in [-0.1, -0.05) is 34.1 Å². The van der Waals surface area contributed by atoms with Crippen molar-refractivity contribution in [3.05, 3.63) is 46.2 Å². The molecule has 2 heterocycles. The topological polar surface area (TPSA) is 46.6 Å². The molecule has 0 spiro atoms. The number of benzene rings is 1. The summed E-state index contributed by atoms with van der Waals surface area (Å²) in [6, 6.07) is 9.14. The van der Waals surface area contributed by atoms with E-state index >= 15 is 0 Å². The third-order valence-electron chi connectivity index (χ3n) is 3.45. The molecule has 0 fully saturated rings. The van der Waals surface area contributed by atoms with Gasteiger partial charge in [0.2, 0.25) is 0 Å². The highest BCUT2D eigenvalue weighted by atomic mass is 79.9. The number of alkyl halides is 1. The molecule has 112 valence electrons. The third-order valence-corrected chi connectivity index (χ3v) is 6.70. The van der Waals surface area contributed by atoms with Crippen LogP contribution < -0.4 is 4.31 Å². The van der Waals surface area contributed by atoms with E-state index in [0.29, 0.717) is 22.5 Å². The summed E-state index contributed by atoms with van der Waals surface area (Å²) in [6.45, 7) is 0.514. The Kier molecular flexibility index (Phi) is 4.09. The van der Waals surface area contributed by atoms with E-state index < -0.39 is 10.0 Å². The second kappa shape index (κ2) is 5.72. The number of hydrogen-bond acceptors (Lipinski definition) is 4. The smallest absolute Gasteiger partial charge is 0.265 e. The summed E-state index contributed by atoms with van der Waals surface area (Å²) >= 11 is 4.77. The van der Waals surface area contributed by atoms with Crippen LogP contribution in [0.3, 0.4) is 0 Å². The number of thiophene rings is 1. The highest BCUT2D eigenvalue weighted by Gasteiger charge is 2.36. The summed E-state index contributed by atoms with van der Waals surface area (Å²) in [5, 5.41) is 2.50. The van der Waals surface area contributed by atoms with Gasteiger partial charge in [-0.05, 0) is 17.5 Å². The Morgan fingerprint density at radius 1 is 1.33 bits per heavy atom. The predicted octanol–water partition coefficient (Wildman–Crippen LogP) is 3.39. The van der Waals surface area contributed by atoms with Gasteiger partial charge < -0.3 is 4.74 Å². The Bertz CT molecular complexity index is 757. The SMILES string of the molecule is CN1c2ccccc2C(OCCBr)c2sccc2S1(=O)=O. The number of ether oxygens (including phenoxy) is 1. The van der Waals surface area contributed by atoms with Crippen molar-refractivity contribution >= 4 is 43.0 Å². The van der Waals surface area contributed by atoms with Gasteiger partial charge in [0.1, 0.15) is 11.0 Å². The Hall–Kier alpha value is -0.890. The lowest BCUT2D eigenvalue weighted by atomic mass is 10.1. The summed E-state index contributed by atoms with van der Waals surface area (Å²) in [5.74, 6) is 0. The fourth-order valence-electron chi connectivity index (χ4n) is 2.46. The number of hydrogen-bond donors (Lipinski definition) is 0. The molecule has 1 aliphatic heterocycles. The molecule has 2 aromatic rings. The molecular formula is C14H14BrNO3S2. The maximum Gasteiger partial charge on any atom is 0.265 e. The molecule has 7 heteroatoms. The molecule has 1 atom stereocenters. The van der Waals surface area contributed by atoms with Crippen LogP contribution in [0.25, 0.3) is 0 Å². The minimum Gasteiger partial charge on any atom is -0.367 e. The molecule has 21 heavy (non-hydrogen) atoms. The number of anilines is 1. The molecule has 0 N–H and O–H groups in total. The zero-order chi connectivity index (χ0) is 15.0. The number of rotatable bonds is 3. The van der Waals surface area contributed by atoms with E-state index in [2.05, 4.69) is 15.9 Å². The Balaban J connectivity index is 2.26. The van der Waals surface area contributed by atoms with Gasteiger partial charge in [-0.25, -0.2) is 8.42 Å². The van der Waals surface area contributed by atoms with Crippen LogP contribution >= 0.6 is 27.3 Å². The van der Waals surface area contributed by atoms with Gasteiger partial charge in [0.05, 0.1) is 17.2 Å². The average molecular weight is 388 g/mol. The molecule has 0 radical (unpaired) electrons. The Morgan fingerprint density at radius 3 is 2.86 bits per heavy atom. The standard InChI is InChI=1S/C14H14BrNO3S2/c1-16-11-5-3-2-4-10(11)13(19-8-7-15)14-12(6-9-20-14)21(16,17)18/h2-6,9,13H,7-8H2,1H3. The highest BCUT2D eigenvalue weighted by molar-refractivity contribution is 9.09. The van der Waals surface area contributed by atoms with E-state index in [4.69, 9.17) is 4.74 Å². The third kappa shape index (κ3) is 2.42. The maximum absolute atomic E-state index is 12.7. The average Bonchev–Trinajstić information content (AvgIpc) is 2.95. The lowest BCUT2D eigenvalue weighted by Crippen LogP contribution is -2.26. The van der Waals surface area contributed by atoms with Crippen LogP contribution in [0.15, 0.2) is 40.6 Å². The molecule has 0 saturated heterocycles. The first-order valence-corrected chi connectivity index (χ1v) is 9.84. The summed E-state index contributed by atoms with van der Waals surface area (Å²) in [5.41, 5.74) is 1.55. The Morgan fingerprint density at radius 2 is 2.10 bits per heavy atom. The summed E-state index contributed by atoms with van der Waals surface area (Å²) in [6.07, 6.45) is -0.353. The fraction of sp³-hybridized carbons (Fsp3) is 0.286. The number of sulfonamides is 1. The quantitative estimate of drug-likeness (QED) is 0.758. The summed E-state index contributed by atoms with van der Waals surface area (Å²) < 4.78 is 32.7. The molecule has 0 bridgehead atoms. The van der Waals surface area contributed by atoms with Crippen molar-refractivity contribution < 1.29 is 13.2 Å². The normalized spacial score (nSPS) is 19.7. The molecule has 0 saturated carbocycles. The van der Waals surface area contributed by atoms with Crippen LogP contribution in [0.2, 0.25) is 0 Å². The van der Waals surface area contributed by atoms with Gasteiger partial charge in [-0.15, -0.1) is 11.3 Å². The highest BCUT2D eigenvalue weighted by Crippen LogP contribution is 2.43. The van der Waals surface area contributed by atoms with Crippen molar-refractivity contribution in [2.45, 2.75) is 11.0 Å². The first-order chi connectivity index (χ1) is 10.1. The van der Waals surface area contributed by atoms with Crippen LogP contribution in [0, 0.1) is 0 Å².